The van der Waals surface area contributed by atoms with Crippen molar-refractivity contribution in [2.75, 3.05) is 0 Å². The molecule has 4 rings (SSSR count). The fraction of sp³-hybridized carbons (Fsp3) is 1.00. The van der Waals surface area contributed by atoms with E-state index in [4.69, 9.17) is 0 Å². The summed E-state index contributed by atoms with van der Waals surface area (Å²) < 4.78 is 0. The van der Waals surface area contributed by atoms with Gasteiger partial charge < -0.3 is 0 Å². The second kappa shape index (κ2) is 6.48. The van der Waals surface area contributed by atoms with Crippen molar-refractivity contribution in [1.29, 1.82) is 0 Å². The van der Waals surface area contributed by atoms with Crippen LogP contribution < -0.4 is 0 Å². The molecular weight excluding hydrogens is 264 g/mol. The Hall–Kier alpha value is 0. The molecule has 0 nitrogen and oxygen atoms in total. The molecule has 0 aromatic heterocycles. The molecule has 4 aliphatic rings. The van der Waals surface area contributed by atoms with Gasteiger partial charge in [0.05, 0.1) is 0 Å². The van der Waals surface area contributed by atoms with Crippen molar-refractivity contribution in [3.8, 4) is 0 Å². The predicted octanol–water partition coefficient (Wildman–Crippen LogP) is 7.23. The molecule has 4 bridgehead atoms. The van der Waals surface area contributed by atoms with Gasteiger partial charge in [-0.1, -0.05) is 59.8 Å². The third kappa shape index (κ3) is 3.41. The second-order valence-electron chi connectivity index (χ2n) is 10.3. The van der Waals surface area contributed by atoms with Crippen LogP contribution in [0.15, 0.2) is 0 Å². The minimum absolute atomic E-state index is 0.711. The van der Waals surface area contributed by atoms with E-state index < -0.39 is 0 Å². The summed E-state index contributed by atoms with van der Waals surface area (Å²) in [6, 6.07) is 0. The maximum absolute atomic E-state index is 2.56. The first-order valence-corrected chi connectivity index (χ1v) is 10.4. The molecule has 0 aromatic carbocycles. The van der Waals surface area contributed by atoms with Gasteiger partial charge in [-0.25, -0.2) is 0 Å². The molecule has 0 saturated heterocycles. The van der Waals surface area contributed by atoms with E-state index in [-0.39, 0.29) is 0 Å². The first-order valence-electron chi connectivity index (χ1n) is 10.4. The van der Waals surface area contributed by atoms with Gasteiger partial charge in [0, 0.05) is 0 Å². The van der Waals surface area contributed by atoms with Crippen molar-refractivity contribution >= 4 is 0 Å². The molecule has 5 unspecified atom stereocenters. The van der Waals surface area contributed by atoms with E-state index in [0.29, 0.717) is 5.41 Å². The first-order chi connectivity index (χ1) is 10.4. The van der Waals surface area contributed by atoms with E-state index in [1.807, 2.05) is 0 Å². The van der Waals surface area contributed by atoms with Crippen molar-refractivity contribution < 1.29 is 0 Å². The van der Waals surface area contributed by atoms with Gasteiger partial charge in [0.2, 0.25) is 0 Å². The molecule has 0 aromatic rings. The van der Waals surface area contributed by atoms with E-state index in [1.54, 1.807) is 32.1 Å². The van der Waals surface area contributed by atoms with Gasteiger partial charge in [-0.3, -0.25) is 0 Å². The molecular formula is C22H40. The van der Waals surface area contributed by atoms with E-state index in [2.05, 4.69) is 27.7 Å². The fourth-order valence-electron chi connectivity index (χ4n) is 6.69. The van der Waals surface area contributed by atoms with Gasteiger partial charge in [0.25, 0.3) is 0 Å². The predicted molar refractivity (Wildman–Crippen MR) is 96.9 cm³/mol. The van der Waals surface area contributed by atoms with Crippen LogP contribution in [0.1, 0.15) is 105 Å². The van der Waals surface area contributed by atoms with Crippen LogP contribution in [0.5, 0.6) is 0 Å². The molecule has 0 aliphatic heterocycles. The highest BCUT2D eigenvalue weighted by atomic mass is 14.5. The van der Waals surface area contributed by atoms with Crippen LogP contribution in [0.3, 0.4) is 0 Å². The molecule has 0 N–H and O–H groups in total. The third-order valence-electron chi connectivity index (χ3n) is 8.09. The van der Waals surface area contributed by atoms with E-state index in [0.717, 1.165) is 29.1 Å². The summed E-state index contributed by atoms with van der Waals surface area (Å²) in [5.74, 6) is 4.43. The van der Waals surface area contributed by atoms with E-state index >= 15 is 0 Å². The molecule has 0 radical (unpaired) electrons. The molecule has 0 heteroatoms. The Morgan fingerprint density at radius 2 is 1.41 bits per heavy atom. The van der Waals surface area contributed by atoms with Gasteiger partial charge in [-0.05, 0) is 79.4 Å². The highest BCUT2D eigenvalue weighted by Gasteiger charge is 2.47. The maximum atomic E-state index is 2.56. The zero-order valence-corrected chi connectivity index (χ0v) is 15.8. The van der Waals surface area contributed by atoms with Crippen LogP contribution >= 0.6 is 0 Å². The minimum Gasteiger partial charge on any atom is -0.0654 e. The smallest absolute Gasteiger partial charge is 0.0295 e. The van der Waals surface area contributed by atoms with E-state index in [9.17, 15) is 0 Å². The standard InChI is InChI=1S/C13H24.C9H16/c1-3-4-5-8-13(2)10-11-6-7-12(13)9-11;1-9(2)6-7-3-4-8(9)5-7/h11-12H,3-10H2,1-2H3;7-8H,3-6H2,1-2H3. The quantitative estimate of drug-likeness (QED) is 0.481. The van der Waals surface area contributed by atoms with Crippen molar-refractivity contribution in [2.24, 2.45) is 34.5 Å². The molecule has 4 aliphatic carbocycles. The monoisotopic (exact) mass is 304 g/mol. The van der Waals surface area contributed by atoms with Gasteiger partial charge in [-0.2, -0.15) is 0 Å². The SMILES string of the molecule is CC1(C)CC2CCC1C2.CCCCCC1(C)CC2CCC1C2. The molecule has 0 spiro atoms. The minimum atomic E-state index is 0.711. The zero-order valence-electron chi connectivity index (χ0n) is 15.8. The zero-order chi connectivity index (χ0) is 15.8. The van der Waals surface area contributed by atoms with Gasteiger partial charge in [0.15, 0.2) is 0 Å². The summed E-state index contributed by atoms with van der Waals surface area (Å²) in [6.07, 6.45) is 18.2. The number of hydrogen-bond acceptors (Lipinski definition) is 0. The summed E-state index contributed by atoms with van der Waals surface area (Å²) in [5.41, 5.74) is 1.47. The Kier molecular flexibility index (Phi) is 4.96. The van der Waals surface area contributed by atoms with Crippen LogP contribution in [0.2, 0.25) is 0 Å². The number of hydrogen-bond donors (Lipinski definition) is 0. The molecule has 0 amide bonds. The number of unbranched alkanes of at least 4 members (excludes halogenated alkanes) is 2. The van der Waals surface area contributed by atoms with Gasteiger partial charge in [-0.15, -0.1) is 0 Å². The largest absolute Gasteiger partial charge is 0.0654 e. The van der Waals surface area contributed by atoms with Crippen molar-refractivity contribution in [3.05, 3.63) is 0 Å². The molecule has 22 heavy (non-hydrogen) atoms. The molecule has 4 saturated carbocycles. The van der Waals surface area contributed by atoms with Crippen molar-refractivity contribution in [3.63, 3.8) is 0 Å². The molecule has 0 heterocycles. The van der Waals surface area contributed by atoms with Crippen LogP contribution in [0, 0.1) is 34.5 Å². The van der Waals surface area contributed by atoms with Gasteiger partial charge in [0.1, 0.15) is 0 Å². The molecule has 4 fully saturated rings. The topological polar surface area (TPSA) is 0 Å². The lowest BCUT2D eigenvalue weighted by molar-refractivity contribution is 0.168. The third-order valence-corrected chi connectivity index (χ3v) is 8.09. The van der Waals surface area contributed by atoms with E-state index in [1.165, 1.54) is 44.9 Å². The second-order valence-corrected chi connectivity index (χ2v) is 10.3. The fourth-order valence-corrected chi connectivity index (χ4v) is 6.69. The average Bonchev–Trinajstić information content (AvgIpc) is 3.18. The normalized spacial score (nSPS) is 44.2. The highest BCUT2D eigenvalue weighted by Crippen LogP contribution is 2.58. The Balaban J connectivity index is 0.000000139. The van der Waals surface area contributed by atoms with Crippen molar-refractivity contribution in [1.82, 2.24) is 0 Å². The lowest BCUT2D eigenvalue weighted by atomic mass is 9.71. The summed E-state index contributed by atoms with van der Waals surface area (Å²) in [6.45, 7) is 9.75. The highest BCUT2D eigenvalue weighted by molar-refractivity contribution is 4.97. The molecule has 128 valence electrons. The average molecular weight is 305 g/mol. The Morgan fingerprint density at radius 3 is 1.77 bits per heavy atom. The lowest BCUT2D eigenvalue weighted by Gasteiger charge is -2.34. The number of fused-ring (bicyclic) bond motifs is 4. The summed E-state index contributed by atoms with van der Waals surface area (Å²) in [7, 11) is 0. The number of rotatable bonds is 4. The van der Waals surface area contributed by atoms with Gasteiger partial charge >= 0.3 is 0 Å². The first kappa shape index (κ1) is 16.8. The Bertz CT molecular complexity index is 368. The van der Waals surface area contributed by atoms with Crippen LogP contribution in [0.25, 0.3) is 0 Å². The molecule has 5 atom stereocenters. The Labute approximate surface area is 139 Å². The lowest BCUT2D eigenvalue weighted by Crippen LogP contribution is -2.23. The summed E-state index contributed by atoms with van der Waals surface area (Å²) >= 11 is 0. The van der Waals surface area contributed by atoms with Crippen LogP contribution in [0.4, 0.5) is 0 Å². The summed E-state index contributed by atoms with van der Waals surface area (Å²) in [4.78, 5) is 0. The van der Waals surface area contributed by atoms with Crippen LogP contribution in [-0.2, 0) is 0 Å². The van der Waals surface area contributed by atoms with Crippen molar-refractivity contribution in [2.45, 2.75) is 105 Å². The van der Waals surface area contributed by atoms with Crippen LogP contribution in [-0.4, -0.2) is 0 Å². The maximum Gasteiger partial charge on any atom is -0.0295 e. The summed E-state index contributed by atoms with van der Waals surface area (Å²) in [5, 5.41) is 0. The Morgan fingerprint density at radius 1 is 0.773 bits per heavy atom.